The Morgan fingerprint density at radius 1 is 0.867 bits per heavy atom. The summed E-state index contributed by atoms with van der Waals surface area (Å²) in [6.45, 7) is 10.5. The Morgan fingerprint density at radius 3 is 1.60 bits per heavy atom. The average molecular weight is 207 g/mol. The van der Waals surface area contributed by atoms with E-state index in [0.29, 0.717) is 0 Å². The van der Waals surface area contributed by atoms with Crippen LogP contribution in [0.1, 0.15) is 45.7 Å². The molecule has 1 rings (SSSR count). The summed E-state index contributed by atoms with van der Waals surface area (Å²) in [4.78, 5) is 4.95. The standard InChI is InChI=1S/C13H21NO/c1-12(2,3)10-6-8-11(9-7-10)13(4,5)15-14/h6-9H,14H2,1-5H3. The zero-order valence-corrected chi connectivity index (χ0v) is 10.3. The predicted octanol–water partition coefficient (Wildman–Crippen LogP) is 3.11. The second-order valence-electron chi connectivity index (χ2n) is 5.46. The van der Waals surface area contributed by atoms with Crippen LogP contribution in [0.4, 0.5) is 0 Å². The molecule has 0 heterocycles. The van der Waals surface area contributed by atoms with Crippen molar-refractivity contribution in [1.29, 1.82) is 0 Å². The first-order valence-corrected chi connectivity index (χ1v) is 5.26. The summed E-state index contributed by atoms with van der Waals surface area (Å²) in [7, 11) is 0. The van der Waals surface area contributed by atoms with Gasteiger partial charge in [0.2, 0.25) is 0 Å². The molecule has 1 aromatic rings. The van der Waals surface area contributed by atoms with Gasteiger partial charge in [-0.1, -0.05) is 45.0 Å². The summed E-state index contributed by atoms with van der Waals surface area (Å²) in [6, 6.07) is 8.42. The quantitative estimate of drug-likeness (QED) is 0.756. The second-order valence-corrected chi connectivity index (χ2v) is 5.46. The summed E-state index contributed by atoms with van der Waals surface area (Å²) < 4.78 is 0. The van der Waals surface area contributed by atoms with E-state index in [1.54, 1.807) is 0 Å². The Kier molecular flexibility index (Phi) is 3.22. The molecule has 2 N–H and O–H groups in total. The lowest BCUT2D eigenvalue weighted by Gasteiger charge is -2.24. The summed E-state index contributed by atoms with van der Waals surface area (Å²) in [5.41, 5.74) is 2.18. The van der Waals surface area contributed by atoms with Crippen molar-refractivity contribution >= 4 is 0 Å². The third-order valence-corrected chi connectivity index (χ3v) is 2.74. The van der Waals surface area contributed by atoms with Crippen LogP contribution in [0.25, 0.3) is 0 Å². The van der Waals surface area contributed by atoms with Crippen LogP contribution in [0.5, 0.6) is 0 Å². The van der Waals surface area contributed by atoms with Gasteiger partial charge in [0.15, 0.2) is 0 Å². The first kappa shape index (κ1) is 12.2. The van der Waals surface area contributed by atoms with E-state index in [2.05, 4.69) is 45.0 Å². The van der Waals surface area contributed by atoms with Crippen LogP contribution in [-0.2, 0) is 15.9 Å². The van der Waals surface area contributed by atoms with Crippen molar-refractivity contribution in [3.63, 3.8) is 0 Å². The van der Waals surface area contributed by atoms with Gasteiger partial charge in [0.05, 0.1) is 0 Å². The summed E-state index contributed by atoms with van der Waals surface area (Å²) in [5.74, 6) is 5.26. The van der Waals surface area contributed by atoms with Gasteiger partial charge in [0.1, 0.15) is 5.60 Å². The summed E-state index contributed by atoms with van der Waals surface area (Å²) >= 11 is 0. The highest BCUT2D eigenvalue weighted by atomic mass is 16.6. The molecule has 0 radical (unpaired) electrons. The minimum atomic E-state index is -0.420. The van der Waals surface area contributed by atoms with Crippen molar-refractivity contribution in [1.82, 2.24) is 0 Å². The smallest absolute Gasteiger partial charge is 0.109 e. The first-order chi connectivity index (χ1) is 6.77. The fourth-order valence-corrected chi connectivity index (χ4v) is 1.44. The summed E-state index contributed by atoms with van der Waals surface area (Å²) in [6.07, 6.45) is 0. The molecule has 0 bridgehead atoms. The Balaban J connectivity index is 3.01. The number of rotatable bonds is 2. The average Bonchev–Trinajstić information content (AvgIpc) is 2.17. The maximum atomic E-state index is 5.26. The van der Waals surface area contributed by atoms with Crippen LogP contribution in [0.2, 0.25) is 0 Å². The van der Waals surface area contributed by atoms with Crippen LogP contribution in [-0.4, -0.2) is 0 Å². The third kappa shape index (κ3) is 2.80. The van der Waals surface area contributed by atoms with Gasteiger partial charge < -0.3 is 0 Å². The van der Waals surface area contributed by atoms with E-state index in [9.17, 15) is 0 Å². The number of hydrogen-bond donors (Lipinski definition) is 1. The molecule has 0 aliphatic carbocycles. The van der Waals surface area contributed by atoms with Crippen LogP contribution in [0.3, 0.4) is 0 Å². The molecule has 0 aliphatic rings. The first-order valence-electron chi connectivity index (χ1n) is 5.26. The second kappa shape index (κ2) is 3.95. The van der Waals surface area contributed by atoms with E-state index in [0.717, 1.165) is 5.56 Å². The Labute approximate surface area is 92.4 Å². The zero-order valence-electron chi connectivity index (χ0n) is 10.3. The van der Waals surface area contributed by atoms with Gasteiger partial charge in [-0.3, -0.25) is 4.84 Å². The largest absolute Gasteiger partial charge is 0.294 e. The van der Waals surface area contributed by atoms with Crippen LogP contribution in [0.15, 0.2) is 24.3 Å². The molecule has 84 valence electrons. The van der Waals surface area contributed by atoms with Crippen molar-refractivity contribution in [3.05, 3.63) is 35.4 Å². The molecule has 0 aromatic heterocycles. The lowest BCUT2D eigenvalue weighted by Crippen LogP contribution is -2.25. The van der Waals surface area contributed by atoms with Gasteiger partial charge >= 0.3 is 0 Å². The number of hydrogen-bond acceptors (Lipinski definition) is 2. The van der Waals surface area contributed by atoms with Crippen molar-refractivity contribution in [3.8, 4) is 0 Å². The van der Waals surface area contributed by atoms with Gasteiger partial charge in [-0.25, -0.2) is 5.90 Å². The van der Waals surface area contributed by atoms with Crippen LogP contribution >= 0.6 is 0 Å². The maximum absolute atomic E-state index is 5.26. The molecule has 2 nitrogen and oxygen atoms in total. The van der Waals surface area contributed by atoms with E-state index >= 15 is 0 Å². The molecule has 0 unspecified atom stereocenters. The van der Waals surface area contributed by atoms with Gasteiger partial charge in [-0.2, -0.15) is 0 Å². The molecular weight excluding hydrogens is 186 g/mol. The molecular formula is C13H21NO. The van der Waals surface area contributed by atoms with E-state index in [4.69, 9.17) is 10.7 Å². The highest BCUT2D eigenvalue weighted by molar-refractivity contribution is 5.30. The highest BCUT2D eigenvalue weighted by Crippen LogP contribution is 2.27. The van der Waals surface area contributed by atoms with Gasteiger partial charge in [-0.05, 0) is 30.4 Å². The molecule has 0 amide bonds. The Morgan fingerprint density at radius 2 is 1.27 bits per heavy atom. The normalized spacial score (nSPS) is 12.9. The Bertz CT molecular complexity index is 319. The van der Waals surface area contributed by atoms with Gasteiger partial charge in [-0.15, -0.1) is 0 Å². The van der Waals surface area contributed by atoms with Crippen molar-refractivity contribution < 1.29 is 4.84 Å². The molecule has 1 aromatic carbocycles. The number of benzene rings is 1. The lowest BCUT2D eigenvalue weighted by molar-refractivity contribution is -0.0236. The molecule has 0 atom stereocenters. The van der Waals surface area contributed by atoms with Crippen molar-refractivity contribution in [2.45, 2.75) is 45.6 Å². The molecule has 0 saturated carbocycles. The minimum Gasteiger partial charge on any atom is -0.294 e. The van der Waals surface area contributed by atoms with E-state index in [1.807, 2.05) is 13.8 Å². The molecule has 0 spiro atoms. The monoisotopic (exact) mass is 207 g/mol. The predicted molar refractivity (Wildman–Crippen MR) is 63.4 cm³/mol. The van der Waals surface area contributed by atoms with Crippen molar-refractivity contribution in [2.75, 3.05) is 0 Å². The molecule has 0 saturated heterocycles. The van der Waals surface area contributed by atoms with E-state index < -0.39 is 5.60 Å². The van der Waals surface area contributed by atoms with E-state index in [-0.39, 0.29) is 5.41 Å². The van der Waals surface area contributed by atoms with Crippen LogP contribution < -0.4 is 5.90 Å². The molecule has 0 fully saturated rings. The van der Waals surface area contributed by atoms with Gasteiger partial charge in [0, 0.05) is 0 Å². The molecule has 0 aliphatic heterocycles. The van der Waals surface area contributed by atoms with Gasteiger partial charge in [0.25, 0.3) is 0 Å². The SMILES string of the molecule is CC(C)(C)c1ccc(C(C)(C)ON)cc1. The van der Waals surface area contributed by atoms with Crippen molar-refractivity contribution in [2.24, 2.45) is 5.90 Å². The Hall–Kier alpha value is -0.860. The highest BCUT2D eigenvalue weighted by Gasteiger charge is 2.21. The van der Waals surface area contributed by atoms with E-state index in [1.165, 1.54) is 5.56 Å². The number of nitrogens with two attached hydrogens (primary N) is 1. The molecule has 15 heavy (non-hydrogen) atoms. The fourth-order valence-electron chi connectivity index (χ4n) is 1.44. The maximum Gasteiger partial charge on any atom is 0.109 e. The lowest BCUT2D eigenvalue weighted by atomic mass is 9.85. The summed E-state index contributed by atoms with van der Waals surface area (Å²) in [5, 5.41) is 0. The minimum absolute atomic E-state index is 0.187. The fraction of sp³-hybridized carbons (Fsp3) is 0.538. The van der Waals surface area contributed by atoms with Crippen LogP contribution in [0, 0.1) is 0 Å². The zero-order chi connectivity index (χ0) is 11.7. The third-order valence-electron chi connectivity index (χ3n) is 2.74. The molecule has 2 heteroatoms. The topological polar surface area (TPSA) is 35.2 Å².